The second kappa shape index (κ2) is 29.5. The van der Waals surface area contributed by atoms with E-state index >= 15 is 0 Å². The molecule has 0 spiro atoms. The molecule has 0 aliphatic heterocycles. The summed E-state index contributed by atoms with van der Waals surface area (Å²) in [7, 11) is 3.96. The van der Waals surface area contributed by atoms with Gasteiger partial charge in [0.15, 0.2) is 0 Å². The Morgan fingerprint density at radius 2 is 1.20 bits per heavy atom. The maximum Gasteiger partial charge on any atom is 0 e. The fourth-order valence-corrected chi connectivity index (χ4v) is 0. The molecule has 4 radical (unpaired) electrons. The van der Waals surface area contributed by atoms with Gasteiger partial charge in [-0.2, -0.15) is 0 Å². The Balaban J connectivity index is -0.00000000167. The van der Waals surface area contributed by atoms with Crippen LogP contribution in [0.25, 0.3) is 0 Å². The van der Waals surface area contributed by atoms with Crippen molar-refractivity contribution in [3.05, 3.63) is 0 Å². The summed E-state index contributed by atoms with van der Waals surface area (Å²) in [6, 6.07) is 0. The second-order valence-corrected chi connectivity index (χ2v) is 0. The van der Waals surface area contributed by atoms with Crippen molar-refractivity contribution < 1.29 is 36.5 Å². The molecule has 0 aromatic heterocycles. The Morgan fingerprint density at radius 3 is 1.20 bits per heavy atom. The molecule has 0 saturated carbocycles. The van der Waals surface area contributed by atoms with E-state index in [0.29, 0.717) is 0 Å². The molecule has 5 heavy (non-hydrogen) atoms. The topological polar surface area (TPSA) is 0 Å². The maximum absolute atomic E-state index is 3.96. The number of hydrogen-bond donors (Lipinski definition) is 0. The van der Waals surface area contributed by atoms with Gasteiger partial charge in [0, 0.05) is 62.4 Å². The molecule has 0 atom stereocenters. The number of hydrogen-bond acceptors (Lipinski definition) is 1. The van der Waals surface area contributed by atoms with Gasteiger partial charge in [-0.1, -0.05) is 0 Å². The van der Waals surface area contributed by atoms with Gasteiger partial charge in [0.05, 0.1) is 0 Å². The molecule has 0 N–H and O–H groups in total. The fraction of sp³-hybridized carbons (Fsp3) is 0. The molecule has 5 heteroatoms. The summed E-state index contributed by atoms with van der Waals surface area (Å²) in [6.07, 6.45) is 0. The van der Waals surface area contributed by atoms with Crippen LogP contribution in [0.4, 0.5) is 0 Å². The first-order valence-electron chi connectivity index (χ1n) is 0.167. The molecule has 28 valence electrons. The zero-order valence-electron chi connectivity index (χ0n) is 2.40. The first-order chi connectivity index (χ1) is 1.00. The summed E-state index contributed by atoms with van der Waals surface area (Å²) >= 11 is 2.21. The zero-order chi connectivity index (χ0) is 2.00. The summed E-state index contributed by atoms with van der Waals surface area (Å²) in [4.78, 5) is 0. The predicted molar refractivity (Wildman–Crippen MR) is 19.1 cm³/mol. The second-order valence-electron chi connectivity index (χ2n) is 0. The molecular weight excluding hydrogens is 355 g/mol. The summed E-state index contributed by atoms with van der Waals surface area (Å²) < 4.78 is 0. The minimum Gasteiger partial charge on any atom is 0 e. The van der Waals surface area contributed by atoms with E-state index in [0.717, 1.165) is 0 Å². The third-order valence-corrected chi connectivity index (χ3v) is 0. The zero-order valence-corrected chi connectivity index (χ0v) is 12.1. The molecule has 0 aliphatic rings. The van der Waals surface area contributed by atoms with Gasteiger partial charge >= 0.3 is 24.9 Å². The van der Waals surface area contributed by atoms with E-state index in [1.807, 2.05) is 0 Å². The van der Waals surface area contributed by atoms with Gasteiger partial charge in [-0.3, -0.25) is 0 Å². The van der Waals surface area contributed by atoms with E-state index in [-0.39, 0.29) is 62.4 Å². The van der Waals surface area contributed by atoms with E-state index in [4.69, 9.17) is 0 Å². The van der Waals surface area contributed by atoms with Gasteiger partial charge in [0.1, 0.15) is 0 Å². The Hall–Kier alpha value is 2.75. The summed E-state index contributed by atoms with van der Waals surface area (Å²) in [5, 5.41) is 0. The summed E-state index contributed by atoms with van der Waals surface area (Å²) in [6.45, 7) is 0. The largest absolute Gasteiger partial charge is 0 e. The molecule has 0 aliphatic carbocycles. The van der Waals surface area contributed by atoms with E-state index in [1.54, 1.807) is 0 Å². The van der Waals surface area contributed by atoms with Gasteiger partial charge in [0.2, 0.25) is 0 Å². The molecule has 0 saturated heterocycles. The maximum atomic E-state index is 3.96. The van der Waals surface area contributed by atoms with Crippen LogP contribution in [0.1, 0.15) is 0 Å². The SMILES string of the molecule is S=[Se].[Cu].[In].[Zn]. The molecule has 0 nitrogen and oxygen atoms in total. The monoisotopic (exact) mass is 354 g/mol. The van der Waals surface area contributed by atoms with Gasteiger partial charge in [-0.25, -0.2) is 0 Å². The molecule has 0 bridgehead atoms. The smallest absolute Gasteiger partial charge is 0 e. The third kappa shape index (κ3) is 20.1. The van der Waals surface area contributed by atoms with Crippen molar-refractivity contribution in [1.29, 1.82) is 0 Å². The normalized spacial score (nSPS) is 0.800. The van der Waals surface area contributed by atoms with Crippen LogP contribution < -0.4 is 0 Å². The molecule has 0 amide bonds. The standard InChI is InChI=1S/Cu.In.SSe.Zn/c;;1-2;. The van der Waals surface area contributed by atoms with E-state index in [1.165, 1.54) is 0 Å². The van der Waals surface area contributed by atoms with Crippen LogP contribution in [-0.4, -0.2) is 40.2 Å². The van der Waals surface area contributed by atoms with Gasteiger partial charge < -0.3 is 0 Å². The molecule has 0 aromatic carbocycles. The van der Waals surface area contributed by atoms with Crippen molar-refractivity contribution in [1.82, 2.24) is 0 Å². The van der Waals surface area contributed by atoms with Crippen LogP contribution in [0.3, 0.4) is 0 Å². The van der Waals surface area contributed by atoms with Crippen LogP contribution >= 0.6 is 10.6 Å². The quantitative estimate of drug-likeness (QED) is 0.547. The Bertz CT molecular complexity index is 11.6. The first-order valence-corrected chi connectivity index (χ1v) is 2.60. The van der Waals surface area contributed by atoms with Crippen LogP contribution in [0.2, 0.25) is 0 Å². The van der Waals surface area contributed by atoms with Crippen LogP contribution in [0.5, 0.6) is 0 Å². The Labute approximate surface area is 85.9 Å². The van der Waals surface area contributed by atoms with Gasteiger partial charge in [0.25, 0.3) is 0 Å². The molecule has 0 heterocycles. The van der Waals surface area contributed by atoms with Crippen molar-refractivity contribution in [2.45, 2.75) is 0 Å². The molecule has 0 aromatic rings. The molecular formula is CuInSSeZn. The molecule has 0 rings (SSSR count). The Kier molecular flexibility index (Phi) is 148. The molecule has 0 unspecified atom stereocenters. The van der Waals surface area contributed by atoms with Crippen molar-refractivity contribution in [2.75, 3.05) is 0 Å². The van der Waals surface area contributed by atoms with Crippen LogP contribution in [-0.2, 0) is 36.5 Å². The molecule has 0 fully saturated rings. The van der Waals surface area contributed by atoms with Crippen molar-refractivity contribution in [3.63, 3.8) is 0 Å². The average molecular weight is 355 g/mol. The summed E-state index contributed by atoms with van der Waals surface area (Å²) in [5.74, 6) is 0. The number of rotatable bonds is 0. The van der Waals surface area contributed by atoms with Crippen molar-refractivity contribution >= 4 is 50.8 Å². The average Bonchev–Trinajstić information content (AvgIpc) is 1.00. The Morgan fingerprint density at radius 1 is 1.20 bits per heavy atom. The van der Waals surface area contributed by atoms with Crippen LogP contribution in [0, 0.1) is 0 Å². The third-order valence-electron chi connectivity index (χ3n) is 0. The van der Waals surface area contributed by atoms with E-state index in [2.05, 4.69) is 24.9 Å². The van der Waals surface area contributed by atoms with Crippen molar-refractivity contribution in [3.8, 4) is 0 Å². The predicted octanol–water partition coefficient (Wildman–Crippen LogP) is -0.118. The minimum atomic E-state index is 0. The van der Waals surface area contributed by atoms with E-state index < -0.39 is 0 Å². The first kappa shape index (κ1) is 25.1. The van der Waals surface area contributed by atoms with E-state index in [9.17, 15) is 0 Å². The van der Waals surface area contributed by atoms with Crippen molar-refractivity contribution in [2.24, 2.45) is 0 Å². The van der Waals surface area contributed by atoms with Gasteiger partial charge in [-0.05, 0) is 0 Å². The fourth-order valence-electron chi connectivity index (χ4n) is 0. The van der Waals surface area contributed by atoms with Gasteiger partial charge in [-0.15, -0.1) is 0 Å². The van der Waals surface area contributed by atoms with Crippen LogP contribution in [0.15, 0.2) is 0 Å². The minimum absolute atomic E-state index is 0. The summed E-state index contributed by atoms with van der Waals surface area (Å²) in [5.41, 5.74) is 0.